The van der Waals surface area contributed by atoms with Crippen molar-refractivity contribution >= 4 is 11.9 Å². The van der Waals surface area contributed by atoms with Gasteiger partial charge in [-0.15, -0.1) is 0 Å². The normalized spacial score (nSPS) is 19.0. The second-order valence-electron chi connectivity index (χ2n) is 8.87. The van der Waals surface area contributed by atoms with Crippen LogP contribution in [0.4, 0.5) is 0 Å². The highest BCUT2D eigenvalue weighted by atomic mass is 16.5. The highest BCUT2D eigenvalue weighted by Crippen LogP contribution is 2.27. The molecule has 2 aromatic rings. The average Bonchev–Trinajstić information content (AvgIpc) is 3.55. The summed E-state index contributed by atoms with van der Waals surface area (Å²) in [6.07, 6.45) is 7.21. The number of carbonyl (C=O) groups is 1. The summed E-state index contributed by atoms with van der Waals surface area (Å²) in [5, 5.41) is 6.85. The summed E-state index contributed by atoms with van der Waals surface area (Å²) in [6.45, 7) is 5.44. The van der Waals surface area contributed by atoms with Crippen LogP contribution in [0.25, 0.3) is 0 Å². The van der Waals surface area contributed by atoms with Crippen molar-refractivity contribution in [2.45, 2.75) is 58.2 Å². The summed E-state index contributed by atoms with van der Waals surface area (Å²) in [5.74, 6) is 1.97. The third-order valence-corrected chi connectivity index (χ3v) is 6.34. The average molecular weight is 450 g/mol. The lowest BCUT2D eigenvalue weighted by atomic mass is 10.1. The van der Waals surface area contributed by atoms with E-state index in [1.165, 1.54) is 12.8 Å². The van der Waals surface area contributed by atoms with E-state index in [-0.39, 0.29) is 12.0 Å². The number of guanidine groups is 1. The van der Waals surface area contributed by atoms with E-state index in [4.69, 9.17) is 9.73 Å². The molecule has 1 atom stereocenters. The Morgan fingerprint density at radius 1 is 1.15 bits per heavy atom. The first kappa shape index (κ1) is 23.1. The third kappa shape index (κ3) is 6.70. The van der Waals surface area contributed by atoms with Gasteiger partial charge in [0.25, 0.3) is 0 Å². The standard InChI is InChI=1S/C26H35N5O2/c1-2-27-26(30-23-13-15-31(18-23)25(32)22-10-6-7-11-22)29-17-21-12-14-28-24(16-21)33-19-20-8-4-3-5-9-20/h3-5,8-9,12,14,16,22-23H,2,6-7,10-11,13,15,17-19H2,1H3,(H2,27,29,30). The van der Waals surface area contributed by atoms with Gasteiger partial charge in [0.1, 0.15) is 6.61 Å². The molecule has 2 N–H and O–H groups in total. The summed E-state index contributed by atoms with van der Waals surface area (Å²) in [4.78, 5) is 23.8. The van der Waals surface area contributed by atoms with E-state index >= 15 is 0 Å². The largest absolute Gasteiger partial charge is 0.473 e. The van der Waals surface area contributed by atoms with Crippen LogP contribution < -0.4 is 15.4 Å². The molecule has 1 aliphatic heterocycles. The molecule has 0 radical (unpaired) electrons. The number of hydrogen-bond acceptors (Lipinski definition) is 4. The van der Waals surface area contributed by atoms with Crippen molar-refractivity contribution in [2.24, 2.45) is 10.9 Å². The number of aliphatic imine (C=N–C) groups is 1. The third-order valence-electron chi connectivity index (χ3n) is 6.34. The van der Waals surface area contributed by atoms with Crippen LogP contribution in [0.15, 0.2) is 53.7 Å². The Bertz CT molecular complexity index is 927. The Balaban J connectivity index is 1.30. The van der Waals surface area contributed by atoms with Crippen molar-refractivity contribution in [1.82, 2.24) is 20.5 Å². The van der Waals surface area contributed by atoms with Crippen LogP contribution in [-0.2, 0) is 17.9 Å². The monoisotopic (exact) mass is 449 g/mol. The molecule has 7 heteroatoms. The van der Waals surface area contributed by atoms with Crippen molar-refractivity contribution in [3.05, 3.63) is 59.8 Å². The summed E-state index contributed by atoms with van der Waals surface area (Å²) >= 11 is 0. The minimum atomic E-state index is 0.232. The second kappa shape index (κ2) is 11.7. The zero-order valence-electron chi connectivity index (χ0n) is 19.5. The quantitative estimate of drug-likeness (QED) is 0.476. The molecular weight excluding hydrogens is 414 g/mol. The van der Waals surface area contributed by atoms with Gasteiger partial charge in [0.2, 0.25) is 11.8 Å². The van der Waals surface area contributed by atoms with Crippen LogP contribution in [0.2, 0.25) is 0 Å². The highest BCUT2D eigenvalue weighted by molar-refractivity contribution is 5.81. The van der Waals surface area contributed by atoms with Crippen molar-refractivity contribution < 1.29 is 9.53 Å². The molecule has 1 aliphatic carbocycles. The summed E-state index contributed by atoms with van der Waals surface area (Å²) < 4.78 is 5.84. The van der Waals surface area contributed by atoms with Gasteiger partial charge in [-0.2, -0.15) is 0 Å². The molecule has 1 aromatic heterocycles. The predicted octanol–water partition coefficient (Wildman–Crippen LogP) is 3.51. The van der Waals surface area contributed by atoms with Gasteiger partial charge in [-0.25, -0.2) is 9.98 Å². The van der Waals surface area contributed by atoms with Crippen LogP contribution >= 0.6 is 0 Å². The first-order chi connectivity index (χ1) is 16.2. The molecule has 1 amide bonds. The Hall–Kier alpha value is -3.09. The molecule has 1 saturated heterocycles. The van der Waals surface area contributed by atoms with Crippen molar-refractivity contribution in [3.8, 4) is 5.88 Å². The number of aromatic nitrogens is 1. The van der Waals surface area contributed by atoms with Gasteiger partial charge in [0, 0.05) is 43.9 Å². The minimum Gasteiger partial charge on any atom is -0.473 e. The molecule has 0 spiro atoms. The summed E-state index contributed by atoms with van der Waals surface area (Å²) in [5.41, 5.74) is 2.15. The lowest BCUT2D eigenvalue weighted by Gasteiger charge is -2.21. The number of hydrogen-bond donors (Lipinski definition) is 2. The number of nitrogens with zero attached hydrogens (tertiary/aromatic N) is 3. The van der Waals surface area contributed by atoms with Crippen LogP contribution in [0.3, 0.4) is 0 Å². The number of carbonyl (C=O) groups excluding carboxylic acids is 1. The number of benzene rings is 1. The molecular formula is C26H35N5O2. The first-order valence-corrected chi connectivity index (χ1v) is 12.2. The van der Waals surface area contributed by atoms with E-state index in [0.717, 1.165) is 56.0 Å². The smallest absolute Gasteiger partial charge is 0.225 e. The summed E-state index contributed by atoms with van der Waals surface area (Å²) in [7, 11) is 0. The number of amides is 1. The number of rotatable bonds is 8. The molecule has 2 aliphatic rings. The number of pyridine rings is 1. The van der Waals surface area contributed by atoms with Crippen LogP contribution in [0, 0.1) is 5.92 Å². The van der Waals surface area contributed by atoms with E-state index in [9.17, 15) is 4.79 Å². The topological polar surface area (TPSA) is 78.9 Å². The Labute approximate surface area is 196 Å². The Morgan fingerprint density at radius 2 is 1.97 bits per heavy atom. The fourth-order valence-electron chi connectivity index (χ4n) is 4.55. The molecule has 1 saturated carbocycles. The molecule has 2 fully saturated rings. The Morgan fingerprint density at radius 3 is 2.76 bits per heavy atom. The molecule has 176 valence electrons. The van der Waals surface area contributed by atoms with E-state index in [0.29, 0.717) is 24.9 Å². The molecule has 4 rings (SSSR count). The van der Waals surface area contributed by atoms with E-state index in [1.54, 1.807) is 6.20 Å². The number of ether oxygens (including phenoxy) is 1. The van der Waals surface area contributed by atoms with Crippen LogP contribution in [0.1, 0.15) is 50.2 Å². The van der Waals surface area contributed by atoms with Gasteiger partial charge in [0.15, 0.2) is 5.96 Å². The fourth-order valence-corrected chi connectivity index (χ4v) is 4.55. The van der Waals surface area contributed by atoms with Gasteiger partial charge in [0.05, 0.1) is 6.54 Å². The molecule has 0 bridgehead atoms. The molecule has 2 heterocycles. The first-order valence-electron chi connectivity index (χ1n) is 12.2. The van der Waals surface area contributed by atoms with E-state index < -0.39 is 0 Å². The fraction of sp³-hybridized carbons (Fsp3) is 0.500. The lowest BCUT2D eigenvalue weighted by molar-refractivity contribution is -0.134. The Kier molecular flexibility index (Phi) is 8.17. The number of likely N-dealkylation sites (tertiary alicyclic amines) is 1. The van der Waals surface area contributed by atoms with Crippen molar-refractivity contribution in [1.29, 1.82) is 0 Å². The van der Waals surface area contributed by atoms with Gasteiger partial charge >= 0.3 is 0 Å². The maximum Gasteiger partial charge on any atom is 0.225 e. The molecule has 1 unspecified atom stereocenters. The summed E-state index contributed by atoms with van der Waals surface area (Å²) in [6, 6.07) is 14.2. The van der Waals surface area contributed by atoms with E-state index in [1.807, 2.05) is 47.4 Å². The van der Waals surface area contributed by atoms with Gasteiger partial charge in [-0.1, -0.05) is 43.2 Å². The number of nitrogens with one attached hydrogen (secondary N) is 2. The second-order valence-corrected chi connectivity index (χ2v) is 8.87. The van der Waals surface area contributed by atoms with Crippen molar-refractivity contribution in [3.63, 3.8) is 0 Å². The minimum absolute atomic E-state index is 0.232. The lowest BCUT2D eigenvalue weighted by Crippen LogP contribution is -2.45. The van der Waals surface area contributed by atoms with Crippen molar-refractivity contribution in [2.75, 3.05) is 19.6 Å². The van der Waals surface area contributed by atoms with Gasteiger partial charge in [-0.05, 0) is 43.4 Å². The maximum absolute atomic E-state index is 12.7. The highest BCUT2D eigenvalue weighted by Gasteiger charge is 2.32. The van der Waals surface area contributed by atoms with Crippen LogP contribution in [0.5, 0.6) is 5.88 Å². The van der Waals surface area contributed by atoms with Crippen LogP contribution in [-0.4, -0.2) is 47.4 Å². The van der Waals surface area contributed by atoms with Gasteiger partial charge in [-0.3, -0.25) is 4.79 Å². The zero-order chi connectivity index (χ0) is 22.9. The maximum atomic E-state index is 12.7. The molecule has 33 heavy (non-hydrogen) atoms. The van der Waals surface area contributed by atoms with E-state index in [2.05, 4.69) is 22.5 Å². The molecule has 1 aromatic carbocycles. The van der Waals surface area contributed by atoms with Gasteiger partial charge < -0.3 is 20.3 Å². The molecule has 7 nitrogen and oxygen atoms in total. The predicted molar refractivity (Wildman–Crippen MR) is 130 cm³/mol. The zero-order valence-corrected chi connectivity index (χ0v) is 19.5. The SMILES string of the molecule is CCNC(=NCc1ccnc(OCc2ccccc2)c1)NC1CCN(C(=O)C2CCCC2)C1.